The number of benzene rings is 8. The van der Waals surface area contributed by atoms with Gasteiger partial charge in [-0.3, -0.25) is 0 Å². The molecule has 0 saturated carbocycles. The number of rotatable bonds is 5. The van der Waals surface area contributed by atoms with Gasteiger partial charge in [0, 0.05) is 27.8 Å². The van der Waals surface area contributed by atoms with Crippen molar-refractivity contribution in [3.63, 3.8) is 0 Å². The average Bonchev–Trinajstić information content (AvgIpc) is 3.57. The Kier molecular flexibility index (Phi) is 6.94. The number of fused-ring (bicyclic) bond motifs is 7. The van der Waals surface area contributed by atoms with Gasteiger partial charge in [-0.05, 0) is 102 Å². The normalized spacial score (nSPS) is 14.3. The van der Waals surface area contributed by atoms with Crippen LogP contribution in [-0.4, -0.2) is 0 Å². The third kappa shape index (κ3) is 4.77. The van der Waals surface area contributed by atoms with Crippen LogP contribution in [0.1, 0.15) is 49.9 Å². The van der Waals surface area contributed by atoms with E-state index in [1.165, 1.54) is 77.5 Å². The molecule has 2 aliphatic carbocycles. The smallest absolute Gasteiger partial charge is 0.0546 e. The Morgan fingerprint density at radius 3 is 1.47 bits per heavy atom. The lowest BCUT2D eigenvalue weighted by atomic mass is 9.82. The monoisotopic (exact) mass is 679 g/mol. The third-order valence-electron chi connectivity index (χ3n) is 12.1. The lowest BCUT2D eigenvalue weighted by molar-refractivity contribution is 0.660. The van der Waals surface area contributed by atoms with Crippen molar-refractivity contribution in [1.29, 1.82) is 0 Å². The van der Waals surface area contributed by atoms with Gasteiger partial charge in [0.05, 0.1) is 5.69 Å². The maximum Gasteiger partial charge on any atom is 0.0546 e. The zero-order valence-electron chi connectivity index (χ0n) is 30.7. The Morgan fingerprint density at radius 2 is 0.830 bits per heavy atom. The number of anilines is 3. The number of nitrogens with zero attached hydrogens (tertiary/aromatic N) is 1. The molecule has 0 aromatic heterocycles. The second-order valence-electron chi connectivity index (χ2n) is 15.8. The molecular formula is C52H41N. The van der Waals surface area contributed by atoms with E-state index in [0.29, 0.717) is 0 Å². The van der Waals surface area contributed by atoms with Crippen LogP contribution in [0, 0.1) is 0 Å². The molecule has 0 amide bonds. The summed E-state index contributed by atoms with van der Waals surface area (Å²) in [6.45, 7) is 9.49. The molecule has 53 heavy (non-hydrogen) atoms. The van der Waals surface area contributed by atoms with Gasteiger partial charge < -0.3 is 4.90 Å². The topological polar surface area (TPSA) is 3.24 Å². The molecule has 0 bridgehead atoms. The minimum absolute atomic E-state index is 0.123. The maximum absolute atomic E-state index is 2.52. The summed E-state index contributed by atoms with van der Waals surface area (Å²) in [6, 6.07) is 65.4. The van der Waals surface area contributed by atoms with E-state index >= 15 is 0 Å². The molecule has 1 nitrogen and oxygen atoms in total. The predicted octanol–water partition coefficient (Wildman–Crippen LogP) is 14.3. The lowest BCUT2D eigenvalue weighted by Gasteiger charge is -2.31. The number of hydrogen-bond donors (Lipinski definition) is 0. The Morgan fingerprint density at radius 1 is 0.340 bits per heavy atom. The minimum Gasteiger partial charge on any atom is -0.310 e. The van der Waals surface area contributed by atoms with E-state index in [1.807, 2.05) is 0 Å². The average molecular weight is 680 g/mol. The molecule has 0 fully saturated rings. The molecule has 0 unspecified atom stereocenters. The molecule has 8 aromatic carbocycles. The summed E-state index contributed by atoms with van der Waals surface area (Å²) in [4.78, 5) is 2.52. The van der Waals surface area contributed by atoms with Crippen molar-refractivity contribution in [3.05, 3.63) is 198 Å². The predicted molar refractivity (Wildman–Crippen MR) is 225 cm³/mol. The van der Waals surface area contributed by atoms with Crippen molar-refractivity contribution in [2.75, 3.05) is 4.90 Å². The summed E-state index contributed by atoms with van der Waals surface area (Å²) in [5.74, 6) is 0. The van der Waals surface area contributed by atoms with Crippen molar-refractivity contribution < 1.29 is 0 Å². The van der Waals surface area contributed by atoms with Gasteiger partial charge in [0.1, 0.15) is 0 Å². The summed E-state index contributed by atoms with van der Waals surface area (Å²) in [7, 11) is 0. The molecule has 0 N–H and O–H groups in total. The van der Waals surface area contributed by atoms with E-state index in [-0.39, 0.29) is 10.8 Å². The van der Waals surface area contributed by atoms with Crippen LogP contribution in [0.2, 0.25) is 0 Å². The molecule has 0 heterocycles. The fraction of sp³-hybridized carbons (Fsp3) is 0.115. The van der Waals surface area contributed by atoms with Gasteiger partial charge >= 0.3 is 0 Å². The highest BCUT2D eigenvalue weighted by molar-refractivity contribution is 6.00. The van der Waals surface area contributed by atoms with Crippen LogP contribution >= 0.6 is 0 Å². The molecule has 2 aliphatic rings. The van der Waals surface area contributed by atoms with Gasteiger partial charge in [-0.2, -0.15) is 0 Å². The first-order chi connectivity index (χ1) is 25.8. The van der Waals surface area contributed by atoms with Gasteiger partial charge in [0.2, 0.25) is 0 Å². The maximum atomic E-state index is 2.52. The molecule has 0 atom stereocenters. The Hall–Kier alpha value is -6.18. The van der Waals surface area contributed by atoms with Crippen molar-refractivity contribution in [2.24, 2.45) is 0 Å². The summed E-state index contributed by atoms with van der Waals surface area (Å²) in [5, 5.41) is 2.51. The van der Waals surface area contributed by atoms with E-state index in [1.54, 1.807) is 0 Å². The fourth-order valence-corrected chi connectivity index (χ4v) is 9.31. The Balaban J connectivity index is 1.25. The van der Waals surface area contributed by atoms with Crippen LogP contribution < -0.4 is 4.90 Å². The quantitative estimate of drug-likeness (QED) is 0.175. The molecule has 0 aliphatic heterocycles. The van der Waals surface area contributed by atoms with Crippen molar-refractivity contribution in [2.45, 2.75) is 38.5 Å². The van der Waals surface area contributed by atoms with E-state index in [2.05, 4.69) is 209 Å². The molecule has 8 aromatic rings. The highest BCUT2D eigenvalue weighted by Gasteiger charge is 2.38. The summed E-state index contributed by atoms with van der Waals surface area (Å²) < 4.78 is 0. The van der Waals surface area contributed by atoms with Gasteiger partial charge in [-0.15, -0.1) is 0 Å². The first kappa shape index (κ1) is 31.5. The second kappa shape index (κ2) is 11.7. The largest absolute Gasteiger partial charge is 0.310 e. The van der Waals surface area contributed by atoms with Crippen molar-refractivity contribution in [3.8, 4) is 44.5 Å². The standard InChI is InChI=1S/C52H41N/c1-51(2)46-23-12-10-20-42(46)44-29-26-37(32-48(44)51)53(38-27-30-45-43-21-11-13-24-47(43)52(3,4)49(45)33-38)50-31-36(25-28-41(50)35-15-6-5-7-16-35)40-22-14-18-34-17-8-9-19-39(34)40/h5-33H,1-4H3. The van der Waals surface area contributed by atoms with Crippen molar-refractivity contribution >= 4 is 27.8 Å². The lowest BCUT2D eigenvalue weighted by Crippen LogP contribution is -2.18. The third-order valence-corrected chi connectivity index (χ3v) is 12.1. The van der Waals surface area contributed by atoms with Crippen LogP contribution in [-0.2, 0) is 10.8 Å². The van der Waals surface area contributed by atoms with Crippen LogP contribution in [0.15, 0.2) is 176 Å². The first-order valence-electron chi connectivity index (χ1n) is 18.8. The van der Waals surface area contributed by atoms with E-state index in [4.69, 9.17) is 0 Å². The molecular weight excluding hydrogens is 639 g/mol. The van der Waals surface area contributed by atoms with Crippen molar-refractivity contribution in [1.82, 2.24) is 0 Å². The van der Waals surface area contributed by atoms with Crippen LogP contribution in [0.5, 0.6) is 0 Å². The van der Waals surface area contributed by atoms with Crippen LogP contribution in [0.3, 0.4) is 0 Å². The molecule has 0 spiro atoms. The van der Waals surface area contributed by atoms with Gasteiger partial charge in [-0.1, -0.05) is 173 Å². The van der Waals surface area contributed by atoms with Gasteiger partial charge in [0.15, 0.2) is 0 Å². The number of hydrogen-bond acceptors (Lipinski definition) is 1. The minimum atomic E-state index is -0.123. The molecule has 1 heteroatoms. The second-order valence-corrected chi connectivity index (χ2v) is 15.8. The van der Waals surface area contributed by atoms with E-state index < -0.39 is 0 Å². The summed E-state index contributed by atoms with van der Waals surface area (Å²) in [5.41, 5.74) is 18.9. The first-order valence-corrected chi connectivity index (χ1v) is 18.8. The highest BCUT2D eigenvalue weighted by Crippen LogP contribution is 2.54. The highest BCUT2D eigenvalue weighted by atomic mass is 15.1. The molecule has 10 rings (SSSR count). The zero-order valence-corrected chi connectivity index (χ0v) is 30.7. The summed E-state index contributed by atoms with van der Waals surface area (Å²) in [6.07, 6.45) is 0. The van der Waals surface area contributed by atoms with Gasteiger partial charge in [-0.25, -0.2) is 0 Å². The zero-order chi connectivity index (χ0) is 35.9. The van der Waals surface area contributed by atoms with Crippen LogP contribution in [0.4, 0.5) is 17.1 Å². The SMILES string of the molecule is CC1(C)c2ccccc2-c2ccc(N(c3ccc4c(c3)C(C)(C)c3ccccc3-4)c3cc(-c4cccc5ccccc45)ccc3-c3ccccc3)cc21. The van der Waals surface area contributed by atoms with Gasteiger partial charge in [0.25, 0.3) is 0 Å². The molecule has 254 valence electrons. The Labute approximate surface area is 312 Å². The fourth-order valence-electron chi connectivity index (χ4n) is 9.31. The molecule has 0 radical (unpaired) electrons. The Bertz CT molecular complexity index is 2620. The van der Waals surface area contributed by atoms with E-state index in [9.17, 15) is 0 Å². The summed E-state index contributed by atoms with van der Waals surface area (Å²) >= 11 is 0. The van der Waals surface area contributed by atoms with E-state index in [0.717, 1.165) is 17.1 Å². The molecule has 0 saturated heterocycles. The van der Waals surface area contributed by atoms with Crippen LogP contribution in [0.25, 0.3) is 55.3 Å².